The summed E-state index contributed by atoms with van der Waals surface area (Å²) in [6, 6.07) is 11.2. The maximum atomic E-state index is 10.4. The Morgan fingerprint density at radius 2 is 2.00 bits per heavy atom. The molecule has 0 radical (unpaired) electrons. The van der Waals surface area contributed by atoms with Gasteiger partial charge in [0.05, 0.1) is 13.2 Å². The van der Waals surface area contributed by atoms with Crippen molar-refractivity contribution >= 4 is 11.6 Å². The quantitative estimate of drug-likeness (QED) is 0.903. The molecule has 1 aliphatic heterocycles. The van der Waals surface area contributed by atoms with Crippen LogP contribution in [0.25, 0.3) is 0 Å². The van der Waals surface area contributed by atoms with E-state index < -0.39 is 6.10 Å². The van der Waals surface area contributed by atoms with Gasteiger partial charge in [-0.05, 0) is 48.4 Å². The molecule has 0 bridgehead atoms. The molecular formula is C17H17ClO3. The molecular weight excluding hydrogens is 288 g/mol. The van der Waals surface area contributed by atoms with Crippen LogP contribution >= 0.6 is 11.6 Å². The van der Waals surface area contributed by atoms with Crippen molar-refractivity contribution in [2.45, 2.75) is 25.6 Å². The molecule has 0 spiro atoms. The van der Waals surface area contributed by atoms with Gasteiger partial charge >= 0.3 is 0 Å². The number of halogens is 1. The molecule has 4 heteroatoms. The summed E-state index contributed by atoms with van der Waals surface area (Å²) in [6.45, 7) is 2.00. The molecule has 0 saturated heterocycles. The second-order valence-electron chi connectivity index (χ2n) is 5.26. The minimum absolute atomic E-state index is 0.168. The van der Waals surface area contributed by atoms with Crippen LogP contribution in [-0.2, 0) is 0 Å². The fourth-order valence-corrected chi connectivity index (χ4v) is 2.97. The average molecular weight is 305 g/mol. The molecule has 1 aliphatic rings. The van der Waals surface area contributed by atoms with Gasteiger partial charge in [-0.2, -0.15) is 0 Å². The van der Waals surface area contributed by atoms with Crippen molar-refractivity contribution in [2.75, 3.05) is 7.11 Å². The van der Waals surface area contributed by atoms with E-state index in [0.29, 0.717) is 17.2 Å². The van der Waals surface area contributed by atoms with Crippen molar-refractivity contribution < 1.29 is 14.6 Å². The first kappa shape index (κ1) is 14.2. The lowest BCUT2D eigenvalue weighted by Gasteiger charge is -2.31. The van der Waals surface area contributed by atoms with Crippen molar-refractivity contribution in [3.8, 4) is 11.5 Å². The monoisotopic (exact) mass is 304 g/mol. The summed E-state index contributed by atoms with van der Waals surface area (Å²) in [5, 5.41) is 11.1. The van der Waals surface area contributed by atoms with Gasteiger partial charge in [0, 0.05) is 17.0 Å². The number of rotatable bonds is 2. The van der Waals surface area contributed by atoms with E-state index in [-0.39, 0.29) is 6.10 Å². The van der Waals surface area contributed by atoms with E-state index in [1.807, 2.05) is 43.3 Å². The molecule has 3 nitrogen and oxygen atoms in total. The Labute approximate surface area is 129 Å². The highest BCUT2D eigenvalue weighted by Gasteiger charge is 2.29. The predicted molar refractivity (Wildman–Crippen MR) is 82.1 cm³/mol. The van der Waals surface area contributed by atoms with Crippen LogP contribution in [0.5, 0.6) is 11.5 Å². The minimum atomic E-state index is -0.566. The molecule has 1 N–H and O–H groups in total. The van der Waals surface area contributed by atoms with Gasteiger partial charge in [-0.1, -0.05) is 17.7 Å². The number of benzene rings is 2. The molecule has 110 valence electrons. The molecule has 0 fully saturated rings. The summed E-state index contributed by atoms with van der Waals surface area (Å²) in [5.41, 5.74) is 2.90. The van der Waals surface area contributed by atoms with Gasteiger partial charge in [0.15, 0.2) is 0 Å². The number of aliphatic hydroxyl groups is 1. The zero-order valence-corrected chi connectivity index (χ0v) is 12.7. The van der Waals surface area contributed by atoms with E-state index in [1.165, 1.54) is 0 Å². The van der Waals surface area contributed by atoms with E-state index in [2.05, 4.69) is 0 Å². The molecule has 1 unspecified atom stereocenters. The lowest BCUT2D eigenvalue weighted by Crippen LogP contribution is -2.19. The number of hydrogen-bond acceptors (Lipinski definition) is 3. The largest absolute Gasteiger partial charge is 0.497 e. The van der Waals surface area contributed by atoms with Crippen molar-refractivity contribution in [3.63, 3.8) is 0 Å². The molecule has 2 aromatic carbocycles. The van der Waals surface area contributed by atoms with Gasteiger partial charge in [-0.15, -0.1) is 0 Å². The van der Waals surface area contributed by atoms with Crippen LogP contribution in [-0.4, -0.2) is 12.2 Å². The summed E-state index contributed by atoms with van der Waals surface area (Å²) in [6.07, 6.45) is -0.218. The molecule has 3 rings (SSSR count). The first-order valence-electron chi connectivity index (χ1n) is 6.87. The number of fused-ring (bicyclic) bond motifs is 1. The number of ether oxygens (including phenoxy) is 2. The van der Waals surface area contributed by atoms with E-state index in [9.17, 15) is 5.11 Å². The van der Waals surface area contributed by atoms with Gasteiger partial charge < -0.3 is 14.6 Å². The first-order valence-corrected chi connectivity index (χ1v) is 7.25. The molecule has 0 saturated carbocycles. The summed E-state index contributed by atoms with van der Waals surface area (Å²) in [4.78, 5) is 0. The molecule has 21 heavy (non-hydrogen) atoms. The van der Waals surface area contributed by atoms with Crippen molar-refractivity contribution in [2.24, 2.45) is 0 Å². The molecule has 0 amide bonds. The van der Waals surface area contributed by atoms with Crippen LogP contribution in [0.15, 0.2) is 36.4 Å². The second kappa shape index (κ2) is 5.58. The van der Waals surface area contributed by atoms with Crippen LogP contribution in [0.4, 0.5) is 0 Å². The Hall–Kier alpha value is -1.71. The van der Waals surface area contributed by atoms with E-state index in [1.54, 1.807) is 7.11 Å². The highest BCUT2D eigenvalue weighted by molar-refractivity contribution is 6.30. The SMILES string of the molecule is COc1ccc2c(c1)[C@H](O)CC(c1ccc(Cl)cc1C)O2. The van der Waals surface area contributed by atoms with Gasteiger partial charge in [-0.3, -0.25) is 0 Å². The highest BCUT2D eigenvalue weighted by atomic mass is 35.5. The maximum absolute atomic E-state index is 10.4. The average Bonchev–Trinajstić information content (AvgIpc) is 2.47. The molecule has 2 atom stereocenters. The summed E-state index contributed by atoms with van der Waals surface area (Å²) in [5.74, 6) is 1.42. The Morgan fingerprint density at radius 1 is 1.19 bits per heavy atom. The van der Waals surface area contributed by atoms with E-state index in [0.717, 1.165) is 22.4 Å². The number of hydrogen-bond donors (Lipinski definition) is 1. The maximum Gasteiger partial charge on any atom is 0.127 e. The normalized spacial score (nSPS) is 20.6. The zero-order valence-electron chi connectivity index (χ0n) is 12.0. The lowest BCUT2D eigenvalue weighted by molar-refractivity contribution is 0.0652. The standard InChI is InChI=1S/C17H17ClO3/c1-10-7-11(18)3-5-13(10)17-9-15(19)14-8-12(20-2)4-6-16(14)21-17/h3-8,15,17,19H,9H2,1-2H3/t15-,17?/m1/s1. The van der Waals surface area contributed by atoms with Crippen LogP contribution < -0.4 is 9.47 Å². The van der Waals surface area contributed by atoms with Crippen LogP contribution in [0.2, 0.25) is 5.02 Å². The molecule has 0 aromatic heterocycles. The summed E-state index contributed by atoms with van der Waals surface area (Å²) >= 11 is 5.99. The van der Waals surface area contributed by atoms with Crippen LogP contribution in [0, 0.1) is 6.92 Å². The fourth-order valence-electron chi connectivity index (χ4n) is 2.74. The van der Waals surface area contributed by atoms with Crippen molar-refractivity contribution in [1.82, 2.24) is 0 Å². The number of methoxy groups -OCH3 is 1. The summed E-state index contributed by atoms with van der Waals surface area (Å²) in [7, 11) is 1.61. The van der Waals surface area contributed by atoms with Gasteiger partial charge in [0.25, 0.3) is 0 Å². The van der Waals surface area contributed by atoms with Crippen molar-refractivity contribution in [1.29, 1.82) is 0 Å². The number of aryl methyl sites for hydroxylation is 1. The van der Waals surface area contributed by atoms with E-state index >= 15 is 0 Å². The minimum Gasteiger partial charge on any atom is -0.497 e. The van der Waals surface area contributed by atoms with Crippen LogP contribution in [0.1, 0.15) is 35.3 Å². The summed E-state index contributed by atoms with van der Waals surface area (Å²) < 4.78 is 11.2. The Bertz CT molecular complexity index is 669. The van der Waals surface area contributed by atoms with Gasteiger partial charge in [0.2, 0.25) is 0 Å². The highest BCUT2D eigenvalue weighted by Crippen LogP contribution is 2.42. The zero-order chi connectivity index (χ0) is 15.0. The third-order valence-corrected chi connectivity index (χ3v) is 4.10. The number of aliphatic hydroxyl groups excluding tert-OH is 1. The molecule has 2 aromatic rings. The van der Waals surface area contributed by atoms with E-state index in [4.69, 9.17) is 21.1 Å². The Morgan fingerprint density at radius 3 is 2.71 bits per heavy atom. The lowest BCUT2D eigenvalue weighted by atomic mass is 9.93. The second-order valence-corrected chi connectivity index (χ2v) is 5.70. The molecule has 0 aliphatic carbocycles. The first-order chi connectivity index (χ1) is 10.1. The van der Waals surface area contributed by atoms with Gasteiger partial charge in [0.1, 0.15) is 17.6 Å². The predicted octanol–water partition coefficient (Wildman–Crippen LogP) is 4.21. The smallest absolute Gasteiger partial charge is 0.127 e. The topological polar surface area (TPSA) is 38.7 Å². The Balaban J connectivity index is 1.94. The molecule has 1 heterocycles. The van der Waals surface area contributed by atoms with Crippen molar-refractivity contribution in [3.05, 3.63) is 58.1 Å². The third-order valence-electron chi connectivity index (χ3n) is 3.86. The Kier molecular flexibility index (Phi) is 3.79. The third kappa shape index (κ3) is 2.71. The van der Waals surface area contributed by atoms with Gasteiger partial charge in [-0.25, -0.2) is 0 Å². The fraction of sp³-hybridized carbons (Fsp3) is 0.294. The van der Waals surface area contributed by atoms with Crippen LogP contribution in [0.3, 0.4) is 0 Å².